The fourth-order valence-electron chi connectivity index (χ4n) is 2.40. The lowest BCUT2D eigenvalue weighted by molar-refractivity contribution is -0.150. The molecule has 0 aromatic carbocycles. The van der Waals surface area contributed by atoms with E-state index in [1.54, 1.807) is 12.4 Å². The number of aromatic nitrogens is 1. The largest absolute Gasteiger partial charge is 0.465 e. The molecule has 1 aromatic heterocycles. The third kappa shape index (κ3) is 3.30. The van der Waals surface area contributed by atoms with E-state index in [9.17, 15) is 4.79 Å². The first-order chi connectivity index (χ1) is 9.24. The molecule has 0 saturated carbocycles. The highest BCUT2D eigenvalue weighted by atomic mass is 16.5. The summed E-state index contributed by atoms with van der Waals surface area (Å²) in [6, 6.07) is 1.60. The SMILES string of the molecule is CCOC(=O)C(c1cnccc1C)N1CCNCC1. The molecule has 2 rings (SSSR count). The molecule has 1 aliphatic rings. The molecule has 104 valence electrons. The van der Waals surface area contributed by atoms with Crippen LogP contribution in [0.1, 0.15) is 24.1 Å². The van der Waals surface area contributed by atoms with E-state index in [0.717, 1.165) is 37.3 Å². The third-order valence-electron chi connectivity index (χ3n) is 3.40. The van der Waals surface area contributed by atoms with Gasteiger partial charge in [-0.3, -0.25) is 9.88 Å². The van der Waals surface area contributed by atoms with Crippen molar-refractivity contribution in [3.63, 3.8) is 0 Å². The van der Waals surface area contributed by atoms with E-state index in [-0.39, 0.29) is 12.0 Å². The fourth-order valence-corrected chi connectivity index (χ4v) is 2.40. The molecule has 5 heteroatoms. The van der Waals surface area contributed by atoms with E-state index < -0.39 is 0 Å². The summed E-state index contributed by atoms with van der Waals surface area (Å²) in [5.74, 6) is -0.180. The highest BCUT2D eigenvalue weighted by Gasteiger charge is 2.31. The molecule has 0 radical (unpaired) electrons. The molecule has 0 aliphatic carbocycles. The summed E-state index contributed by atoms with van der Waals surface area (Å²) >= 11 is 0. The van der Waals surface area contributed by atoms with Gasteiger partial charge in [0.2, 0.25) is 0 Å². The molecule has 1 N–H and O–H groups in total. The third-order valence-corrected chi connectivity index (χ3v) is 3.40. The molecule has 1 saturated heterocycles. The van der Waals surface area contributed by atoms with E-state index in [2.05, 4.69) is 15.2 Å². The van der Waals surface area contributed by atoms with Crippen LogP contribution < -0.4 is 5.32 Å². The molecule has 0 amide bonds. The van der Waals surface area contributed by atoms with Gasteiger partial charge in [-0.25, -0.2) is 4.79 Å². The lowest BCUT2D eigenvalue weighted by atomic mass is 10.0. The van der Waals surface area contributed by atoms with Gasteiger partial charge in [0.25, 0.3) is 0 Å². The van der Waals surface area contributed by atoms with Gasteiger partial charge in [-0.2, -0.15) is 0 Å². The standard InChI is InChI=1S/C14H21N3O2/c1-3-19-14(18)13(17-8-6-15-7-9-17)12-10-16-5-4-11(12)2/h4-5,10,13,15H,3,6-9H2,1-2H3. The van der Waals surface area contributed by atoms with E-state index in [1.807, 2.05) is 19.9 Å². The van der Waals surface area contributed by atoms with Gasteiger partial charge in [-0.05, 0) is 25.5 Å². The van der Waals surface area contributed by atoms with Gasteiger partial charge in [0.05, 0.1) is 6.61 Å². The number of nitrogens with one attached hydrogen (secondary N) is 1. The predicted octanol–water partition coefficient (Wildman–Crippen LogP) is 0.899. The van der Waals surface area contributed by atoms with Gasteiger partial charge in [0.1, 0.15) is 6.04 Å². The first kappa shape index (κ1) is 14.0. The molecule has 5 nitrogen and oxygen atoms in total. The van der Waals surface area contributed by atoms with Gasteiger partial charge in [-0.15, -0.1) is 0 Å². The van der Waals surface area contributed by atoms with E-state index >= 15 is 0 Å². The zero-order valence-corrected chi connectivity index (χ0v) is 11.6. The van der Waals surface area contributed by atoms with Crippen molar-refractivity contribution in [3.05, 3.63) is 29.6 Å². The minimum absolute atomic E-state index is 0.180. The van der Waals surface area contributed by atoms with Crippen LogP contribution in [0.25, 0.3) is 0 Å². The number of nitrogens with zero attached hydrogens (tertiary/aromatic N) is 2. The number of esters is 1. The molecule has 1 unspecified atom stereocenters. The molecule has 0 bridgehead atoms. The van der Waals surface area contributed by atoms with Crippen LogP contribution in [0.15, 0.2) is 18.5 Å². The molecule has 1 fully saturated rings. The maximum atomic E-state index is 12.3. The Kier molecular flexibility index (Phi) is 4.87. The van der Waals surface area contributed by atoms with Crippen LogP contribution in [0.5, 0.6) is 0 Å². The average Bonchev–Trinajstić information content (AvgIpc) is 2.43. The van der Waals surface area contributed by atoms with Crippen molar-refractivity contribution < 1.29 is 9.53 Å². The summed E-state index contributed by atoms with van der Waals surface area (Å²) < 4.78 is 5.24. The zero-order valence-electron chi connectivity index (χ0n) is 11.6. The summed E-state index contributed by atoms with van der Waals surface area (Å²) in [5.41, 5.74) is 2.02. The lowest BCUT2D eigenvalue weighted by Gasteiger charge is -2.34. The number of hydrogen-bond donors (Lipinski definition) is 1. The minimum atomic E-state index is -0.337. The molecule has 19 heavy (non-hydrogen) atoms. The fraction of sp³-hybridized carbons (Fsp3) is 0.571. The summed E-state index contributed by atoms with van der Waals surface area (Å²) in [7, 11) is 0. The minimum Gasteiger partial charge on any atom is -0.465 e. The number of carbonyl (C=O) groups is 1. The monoisotopic (exact) mass is 263 g/mol. The van der Waals surface area contributed by atoms with E-state index in [4.69, 9.17) is 4.74 Å². The van der Waals surface area contributed by atoms with Gasteiger partial charge in [-0.1, -0.05) is 0 Å². The second kappa shape index (κ2) is 6.63. The van der Waals surface area contributed by atoms with Crippen molar-refractivity contribution in [2.45, 2.75) is 19.9 Å². The zero-order chi connectivity index (χ0) is 13.7. The van der Waals surface area contributed by atoms with Crippen molar-refractivity contribution >= 4 is 5.97 Å². The van der Waals surface area contributed by atoms with Crippen molar-refractivity contribution in [1.82, 2.24) is 15.2 Å². The number of piperazine rings is 1. The number of hydrogen-bond acceptors (Lipinski definition) is 5. The Balaban J connectivity index is 2.28. The second-order valence-corrected chi connectivity index (χ2v) is 4.67. The van der Waals surface area contributed by atoms with Crippen LogP contribution in [-0.2, 0) is 9.53 Å². The van der Waals surface area contributed by atoms with Crippen molar-refractivity contribution in [1.29, 1.82) is 0 Å². The van der Waals surface area contributed by atoms with Gasteiger partial charge in [0.15, 0.2) is 0 Å². The lowest BCUT2D eigenvalue weighted by Crippen LogP contribution is -2.47. The van der Waals surface area contributed by atoms with Crippen LogP contribution in [0.3, 0.4) is 0 Å². The quantitative estimate of drug-likeness (QED) is 0.818. The van der Waals surface area contributed by atoms with Crippen LogP contribution in [0.2, 0.25) is 0 Å². The van der Waals surface area contributed by atoms with Crippen molar-refractivity contribution in [2.24, 2.45) is 0 Å². The molecular weight excluding hydrogens is 242 g/mol. The Labute approximate surface area is 114 Å². The van der Waals surface area contributed by atoms with Crippen LogP contribution in [0, 0.1) is 6.92 Å². The first-order valence-electron chi connectivity index (χ1n) is 6.76. The van der Waals surface area contributed by atoms with Crippen LogP contribution >= 0.6 is 0 Å². The normalized spacial score (nSPS) is 18.0. The molecule has 2 heterocycles. The highest BCUT2D eigenvalue weighted by molar-refractivity contribution is 5.78. The van der Waals surface area contributed by atoms with Gasteiger partial charge in [0, 0.05) is 44.1 Å². The number of pyridine rings is 1. The first-order valence-corrected chi connectivity index (χ1v) is 6.76. The predicted molar refractivity (Wildman–Crippen MR) is 72.8 cm³/mol. The smallest absolute Gasteiger partial charge is 0.328 e. The van der Waals surface area contributed by atoms with Crippen molar-refractivity contribution in [3.8, 4) is 0 Å². The molecule has 1 aliphatic heterocycles. The number of carbonyl (C=O) groups excluding carboxylic acids is 1. The van der Waals surface area contributed by atoms with Gasteiger partial charge < -0.3 is 10.1 Å². The summed E-state index contributed by atoms with van der Waals surface area (Å²) in [6.07, 6.45) is 3.53. The summed E-state index contributed by atoms with van der Waals surface area (Å²) in [5, 5.41) is 3.30. The average molecular weight is 263 g/mol. The second-order valence-electron chi connectivity index (χ2n) is 4.67. The number of ether oxygens (including phenoxy) is 1. The van der Waals surface area contributed by atoms with E-state index in [1.165, 1.54) is 0 Å². The van der Waals surface area contributed by atoms with E-state index in [0.29, 0.717) is 6.61 Å². The van der Waals surface area contributed by atoms with Crippen molar-refractivity contribution in [2.75, 3.05) is 32.8 Å². The Morgan fingerprint density at radius 2 is 2.26 bits per heavy atom. The summed E-state index contributed by atoms with van der Waals surface area (Å²) in [6.45, 7) is 7.73. The molecular formula is C14H21N3O2. The highest BCUT2D eigenvalue weighted by Crippen LogP contribution is 2.24. The maximum absolute atomic E-state index is 12.3. The molecule has 0 spiro atoms. The number of rotatable bonds is 4. The van der Waals surface area contributed by atoms with Crippen LogP contribution in [0.4, 0.5) is 0 Å². The van der Waals surface area contributed by atoms with Crippen LogP contribution in [-0.4, -0.2) is 48.6 Å². The van der Waals surface area contributed by atoms with Gasteiger partial charge >= 0.3 is 5.97 Å². The summed E-state index contributed by atoms with van der Waals surface area (Å²) in [4.78, 5) is 18.6. The Hall–Kier alpha value is -1.46. The topological polar surface area (TPSA) is 54.5 Å². The Bertz CT molecular complexity index is 430. The molecule has 1 aromatic rings. The Morgan fingerprint density at radius 3 is 2.89 bits per heavy atom. The number of aryl methyl sites for hydroxylation is 1. The maximum Gasteiger partial charge on any atom is 0.328 e. The Morgan fingerprint density at radius 1 is 1.53 bits per heavy atom. The molecule has 1 atom stereocenters.